The molecule has 0 radical (unpaired) electrons. The number of methoxy groups -OCH3 is 1. The Morgan fingerprint density at radius 3 is 2.14 bits per heavy atom. The number of benzene rings is 3. The lowest BCUT2D eigenvalue weighted by Crippen LogP contribution is -2.50. The predicted octanol–water partition coefficient (Wildman–Crippen LogP) is 4.12. The first-order valence-electron chi connectivity index (χ1n) is 18.9. The van der Waals surface area contributed by atoms with Crippen LogP contribution in [0, 0.1) is 5.89 Å². The number of anilines is 1. The van der Waals surface area contributed by atoms with E-state index in [2.05, 4.69) is 15.4 Å². The number of nitrogens with one attached hydrogen (secondary N) is 2. The Labute approximate surface area is 274 Å². The molecule has 0 aliphatic rings. The molecule has 0 bridgehead atoms. The van der Waals surface area contributed by atoms with Crippen molar-refractivity contribution >= 4 is 27.7 Å². The van der Waals surface area contributed by atoms with Gasteiger partial charge in [0.1, 0.15) is 6.04 Å². The average molecular weight is 635 g/mol. The number of nitrogens with two attached hydrogens (primary N) is 1. The van der Waals surface area contributed by atoms with Crippen LogP contribution in [0.2, 0.25) is 0 Å². The summed E-state index contributed by atoms with van der Waals surface area (Å²) in [7, 11) is -7.79. The van der Waals surface area contributed by atoms with Crippen LogP contribution in [0.4, 0.5) is 10.5 Å². The molecule has 0 fully saturated rings. The molecule has 5 N–H and O–H groups in total. The SMILES string of the molecule is [2H]C([2H])([2H])OC(=O)N[C@H](C(=O)NCCCC[C@@H](CO)N(CC([2H])(C([2H])([2H])[2H])C([2H])([2H])[2H])S(=O)(=O)c1ccc(N)cc1)C(c1ccccc1)c1ccccc1. The molecule has 3 rings (SSSR count). The molecule has 10 nitrogen and oxygen atoms in total. The van der Waals surface area contributed by atoms with E-state index in [0.29, 0.717) is 15.4 Å². The smallest absolute Gasteiger partial charge is 0.407 e. The molecular weight excluding hydrogens is 580 g/mol. The number of nitrogen functional groups attached to an aromatic ring is 1. The van der Waals surface area contributed by atoms with E-state index < -0.39 is 79.8 Å². The van der Waals surface area contributed by atoms with Gasteiger partial charge in [-0.05, 0) is 54.1 Å². The van der Waals surface area contributed by atoms with Crippen LogP contribution in [0.15, 0.2) is 89.8 Å². The van der Waals surface area contributed by atoms with Crippen LogP contribution in [0.5, 0.6) is 0 Å². The Balaban J connectivity index is 1.86. The molecule has 0 aromatic heterocycles. The zero-order valence-corrected chi connectivity index (χ0v) is 24.8. The number of nitrogens with zero attached hydrogens (tertiary/aromatic N) is 1. The third-order valence-electron chi connectivity index (χ3n) is 6.98. The van der Waals surface area contributed by atoms with Crippen molar-refractivity contribution in [1.82, 2.24) is 14.9 Å². The highest BCUT2D eigenvalue weighted by Gasteiger charge is 2.33. The van der Waals surface area contributed by atoms with Crippen molar-refractivity contribution < 1.29 is 41.6 Å². The van der Waals surface area contributed by atoms with Crippen molar-refractivity contribution in [2.45, 2.75) is 55.9 Å². The van der Waals surface area contributed by atoms with Crippen molar-refractivity contribution in [3.05, 3.63) is 96.1 Å². The molecular formula is C33H44N4O6S. The van der Waals surface area contributed by atoms with Crippen LogP contribution in [0.1, 0.15) is 63.7 Å². The van der Waals surface area contributed by atoms with Gasteiger partial charge in [0.15, 0.2) is 0 Å². The summed E-state index contributed by atoms with van der Waals surface area (Å²) in [5, 5.41) is 15.5. The van der Waals surface area contributed by atoms with Gasteiger partial charge in [-0.3, -0.25) is 4.79 Å². The molecule has 0 spiro atoms. The first-order chi connectivity index (χ1) is 25.0. The van der Waals surface area contributed by atoms with Gasteiger partial charge in [-0.25, -0.2) is 13.2 Å². The van der Waals surface area contributed by atoms with Crippen LogP contribution in [0.3, 0.4) is 0 Å². The topological polar surface area (TPSA) is 151 Å². The fourth-order valence-electron chi connectivity index (χ4n) is 4.85. The average Bonchev–Trinajstić information content (AvgIpc) is 3.08. The summed E-state index contributed by atoms with van der Waals surface area (Å²) < 4.78 is 110. The number of sulfonamides is 1. The van der Waals surface area contributed by atoms with Crippen LogP contribution in [-0.4, -0.2) is 68.6 Å². The number of aliphatic hydroxyl groups excluding tert-OH is 1. The van der Waals surface area contributed by atoms with E-state index in [4.69, 9.17) is 19.4 Å². The van der Waals surface area contributed by atoms with E-state index in [0.717, 1.165) is 12.1 Å². The van der Waals surface area contributed by atoms with Gasteiger partial charge in [0.25, 0.3) is 0 Å². The number of carbonyl (C=O) groups is 2. The minimum atomic E-state index is -4.70. The molecule has 2 atom stereocenters. The molecule has 0 aliphatic heterocycles. The van der Waals surface area contributed by atoms with Crippen molar-refractivity contribution in [2.75, 3.05) is 32.5 Å². The van der Waals surface area contributed by atoms with Crippen LogP contribution >= 0.6 is 0 Å². The van der Waals surface area contributed by atoms with Crippen LogP contribution < -0.4 is 16.4 Å². The largest absolute Gasteiger partial charge is 0.453 e. The Hall–Kier alpha value is -3.93. The van der Waals surface area contributed by atoms with E-state index in [1.807, 2.05) is 0 Å². The highest BCUT2D eigenvalue weighted by atomic mass is 32.2. The summed E-state index contributed by atoms with van der Waals surface area (Å²) in [6.45, 7) is -9.16. The fourth-order valence-corrected chi connectivity index (χ4v) is 6.46. The van der Waals surface area contributed by atoms with E-state index in [-0.39, 0.29) is 36.4 Å². The van der Waals surface area contributed by atoms with Gasteiger partial charge in [0.05, 0.1) is 22.7 Å². The maximum Gasteiger partial charge on any atom is 0.407 e. The zero-order valence-electron chi connectivity index (χ0n) is 34.0. The second-order valence-electron chi connectivity index (χ2n) is 10.0. The number of rotatable bonds is 16. The maximum atomic E-state index is 13.9. The second-order valence-corrected chi connectivity index (χ2v) is 11.9. The van der Waals surface area contributed by atoms with Crippen LogP contribution in [0.25, 0.3) is 0 Å². The molecule has 44 heavy (non-hydrogen) atoms. The van der Waals surface area contributed by atoms with Gasteiger partial charge in [-0.1, -0.05) is 80.8 Å². The summed E-state index contributed by atoms with van der Waals surface area (Å²) in [5.41, 5.74) is 7.15. The first-order valence-corrected chi connectivity index (χ1v) is 15.3. The highest BCUT2D eigenvalue weighted by molar-refractivity contribution is 7.89. The predicted molar refractivity (Wildman–Crippen MR) is 171 cm³/mol. The van der Waals surface area contributed by atoms with Gasteiger partial charge in [-0.2, -0.15) is 4.31 Å². The van der Waals surface area contributed by atoms with Crippen molar-refractivity contribution in [3.63, 3.8) is 0 Å². The number of ether oxygens (including phenoxy) is 1. The van der Waals surface area contributed by atoms with E-state index in [1.165, 1.54) is 12.1 Å². The van der Waals surface area contributed by atoms with Gasteiger partial charge >= 0.3 is 6.09 Å². The fraction of sp³-hybridized carbons (Fsp3) is 0.394. The quantitative estimate of drug-likeness (QED) is 0.137. The molecule has 0 aliphatic carbocycles. The van der Waals surface area contributed by atoms with Crippen molar-refractivity contribution in [1.29, 1.82) is 0 Å². The Kier molecular flexibility index (Phi) is 8.61. The minimum absolute atomic E-state index is 0.0581. The molecule has 2 amide bonds. The van der Waals surface area contributed by atoms with Gasteiger partial charge < -0.3 is 26.2 Å². The third kappa shape index (κ3) is 9.54. The molecule has 11 heteroatoms. The lowest BCUT2D eigenvalue weighted by molar-refractivity contribution is -0.123. The Bertz CT molecular complexity index is 1730. The lowest BCUT2D eigenvalue weighted by Gasteiger charge is -2.31. The molecule has 0 heterocycles. The van der Waals surface area contributed by atoms with Gasteiger partial charge in [0.2, 0.25) is 15.9 Å². The van der Waals surface area contributed by atoms with Crippen molar-refractivity contribution in [3.8, 4) is 0 Å². The Morgan fingerprint density at radius 1 is 0.977 bits per heavy atom. The number of unbranched alkanes of at least 4 members (excludes halogenated alkanes) is 1. The summed E-state index contributed by atoms with van der Waals surface area (Å²) in [6, 6.07) is 19.4. The third-order valence-corrected chi connectivity index (χ3v) is 8.89. The number of alkyl carbamates (subject to hydrolysis) is 1. The monoisotopic (exact) mass is 634 g/mol. The summed E-state index contributed by atoms with van der Waals surface area (Å²) in [5.74, 6) is -4.79. The minimum Gasteiger partial charge on any atom is -0.453 e. The van der Waals surface area contributed by atoms with Crippen LogP contribution in [-0.2, 0) is 19.6 Å². The highest BCUT2D eigenvalue weighted by Crippen LogP contribution is 2.29. The summed E-state index contributed by atoms with van der Waals surface area (Å²) in [4.78, 5) is 26.1. The van der Waals surface area contributed by atoms with Gasteiger partial charge in [-0.15, -0.1) is 0 Å². The molecule has 3 aromatic rings. The Morgan fingerprint density at radius 2 is 1.59 bits per heavy atom. The second kappa shape index (κ2) is 16.8. The molecule has 0 unspecified atom stereocenters. The van der Waals surface area contributed by atoms with Crippen molar-refractivity contribution in [2.24, 2.45) is 5.89 Å². The molecule has 238 valence electrons. The first kappa shape index (κ1) is 22.6. The number of hydrogen-bond acceptors (Lipinski definition) is 7. The molecule has 3 aromatic carbocycles. The normalized spacial score (nSPS) is 17.5. The standard InChI is InChI=1S/C33H44N4O6S/c1-24(2)22-37(44(41,42)29-19-17-27(34)18-20-29)28(23-38)16-10-11-21-35-32(39)31(36-33(40)43-3)30(25-12-6-4-7-13-25)26-14-8-5-9-15-26/h4-9,12-15,17-20,24,28,30-31,38H,10-11,16,21-23,34H2,1-3H3,(H,35,39)(H,36,40)/t28-,31-/m0/s1/i1D3,2D3,3D3,24D. The summed E-state index contributed by atoms with van der Waals surface area (Å²) >= 11 is 0. The van der Waals surface area contributed by atoms with E-state index in [1.54, 1.807) is 60.7 Å². The molecule has 0 saturated heterocycles. The molecule has 0 saturated carbocycles. The lowest BCUT2D eigenvalue weighted by atomic mass is 9.84. The number of carbonyl (C=O) groups excluding carboxylic acids is 2. The summed E-state index contributed by atoms with van der Waals surface area (Å²) in [6.07, 6.45) is -1.26. The number of hydrogen-bond donors (Lipinski definition) is 4. The number of aliphatic hydroxyl groups is 1. The van der Waals surface area contributed by atoms with E-state index in [9.17, 15) is 23.1 Å². The maximum absolute atomic E-state index is 13.9. The zero-order chi connectivity index (χ0) is 40.5. The van der Waals surface area contributed by atoms with Gasteiger partial charge in [0, 0.05) is 40.3 Å². The number of amides is 2. The van der Waals surface area contributed by atoms with E-state index >= 15 is 0 Å².